The largest absolute Gasteiger partial charge is 0.300 e. The standard InChI is InChI=1S/C18H10N2O/c21-16-9-8-15-17-13(16)6-3-7-14(17)19-18-12-5-2-1-4-11(12)10-20(15)18/h1-10H. The molecule has 0 fully saturated rings. The van der Waals surface area contributed by atoms with Gasteiger partial charge >= 0.3 is 0 Å². The van der Waals surface area contributed by atoms with Gasteiger partial charge in [-0.3, -0.25) is 9.20 Å². The van der Waals surface area contributed by atoms with Gasteiger partial charge in [0.05, 0.1) is 11.0 Å². The Bertz CT molecular complexity index is 1200. The summed E-state index contributed by atoms with van der Waals surface area (Å²) < 4.78 is 2.08. The monoisotopic (exact) mass is 270 g/mol. The number of fused-ring (bicyclic) bond motifs is 4. The van der Waals surface area contributed by atoms with E-state index in [0.29, 0.717) is 0 Å². The van der Waals surface area contributed by atoms with E-state index in [-0.39, 0.29) is 5.43 Å². The van der Waals surface area contributed by atoms with Gasteiger partial charge in [0, 0.05) is 27.7 Å². The number of benzene rings is 3. The Kier molecular flexibility index (Phi) is 1.84. The Morgan fingerprint density at radius 3 is 2.67 bits per heavy atom. The van der Waals surface area contributed by atoms with Gasteiger partial charge in [-0.15, -0.1) is 0 Å². The lowest BCUT2D eigenvalue weighted by Gasteiger charge is -2.07. The second-order valence-electron chi connectivity index (χ2n) is 5.30. The second-order valence-corrected chi connectivity index (χ2v) is 5.30. The van der Waals surface area contributed by atoms with Gasteiger partial charge in [-0.05, 0) is 18.2 Å². The van der Waals surface area contributed by atoms with E-state index in [9.17, 15) is 4.79 Å². The maximum atomic E-state index is 12.1. The average molecular weight is 270 g/mol. The molecule has 0 N–H and O–H groups in total. The maximum Gasteiger partial charge on any atom is 0.186 e. The highest BCUT2D eigenvalue weighted by molar-refractivity contribution is 6.10. The zero-order chi connectivity index (χ0) is 14.0. The first kappa shape index (κ1) is 10.8. The van der Waals surface area contributed by atoms with Crippen molar-refractivity contribution in [3.63, 3.8) is 0 Å². The molecule has 5 rings (SSSR count). The van der Waals surface area contributed by atoms with Crippen molar-refractivity contribution >= 4 is 38.2 Å². The Labute approximate surface area is 119 Å². The van der Waals surface area contributed by atoms with Crippen molar-refractivity contribution in [1.29, 1.82) is 0 Å². The van der Waals surface area contributed by atoms with Gasteiger partial charge in [0.15, 0.2) is 5.43 Å². The molecule has 21 heavy (non-hydrogen) atoms. The van der Waals surface area contributed by atoms with Gasteiger partial charge in [-0.25, -0.2) is 4.98 Å². The summed E-state index contributed by atoms with van der Waals surface area (Å²) in [5, 5.41) is 3.96. The van der Waals surface area contributed by atoms with Crippen LogP contribution in [-0.4, -0.2) is 9.38 Å². The third-order valence-electron chi connectivity index (χ3n) is 4.14. The van der Waals surface area contributed by atoms with Gasteiger partial charge in [0.25, 0.3) is 0 Å². The highest BCUT2D eigenvalue weighted by Crippen LogP contribution is 2.29. The van der Waals surface area contributed by atoms with Gasteiger partial charge in [-0.2, -0.15) is 0 Å². The van der Waals surface area contributed by atoms with Crippen molar-refractivity contribution in [2.45, 2.75) is 0 Å². The van der Waals surface area contributed by atoms with Crippen molar-refractivity contribution in [1.82, 2.24) is 9.38 Å². The molecular weight excluding hydrogens is 260 g/mol. The predicted octanol–water partition coefficient (Wildman–Crippen LogP) is 3.59. The van der Waals surface area contributed by atoms with E-state index in [2.05, 4.69) is 22.7 Å². The fourth-order valence-corrected chi connectivity index (χ4v) is 3.19. The number of hydrogen-bond acceptors (Lipinski definition) is 2. The quantitative estimate of drug-likeness (QED) is 0.431. The van der Waals surface area contributed by atoms with E-state index in [1.54, 1.807) is 6.07 Å². The van der Waals surface area contributed by atoms with Crippen molar-refractivity contribution in [2.24, 2.45) is 0 Å². The molecule has 0 atom stereocenters. The van der Waals surface area contributed by atoms with Crippen molar-refractivity contribution in [3.05, 3.63) is 71.0 Å². The fraction of sp³-hybridized carbons (Fsp3) is 0. The lowest BCUT2D eigenvalue weighted by molar-refractivity contribution is 1.23. The third-order valence-corrected chi connectivity index (χ3v) is 4.14. The van der Waals surface area contributed by atoms with Crippen LogP contribution in [0.4, 0.5) is 0 Å². The molecule has 0 amide bonds. The first-order valence-corrected chi connectivity index (χ1v) is 6.88. The SMILES string of the molecule is O=c1ccc2c3c(cccc13)nc1c3ccccc3cn21. The minimum Gasteiger partial charge on any atom is -0.300 e. The number of aromatic nitrogens is 2. The first-order valence-electron chi connectivity index (χ1n) is 6.88. The van der Waals surface area contributed by atoms with E-state index in [1.165, 1.54) is 0 Å². The molecule has 2 heterocycles. The summed E-state index contributed by atoms with van der Waals surface area (Å²) in [5.74, 6) is 0. The van der Waals surface area contributed by atoms with E-state index >= 15 is 0 Å². The molecule has 98 valence electrons. The zero-order valence-corrected chi connectivity index (χ0v) is 11.1. The summed E-state index contributed by atoms with van der Waals surface area (Å²) in [6.45, 7) is 0. The summed E-state index contributed by atoms with van der Waals surface area (Å²) in [5.41, 5.74) is 2.88. The highest BCUT2D eigenvalue weighted by atomic mass is 16.1. The Hall–Kier alpha value is -2.94. The van der Waals surface area contributed by atoms with E-state index in [0.717, 1.165) is 38.2 Å². The Balaban J connectivity index is 2.20. The summed E-state index contributed by atoms with van der Waals surface area (Å²) in [6.07, 6.45) is 2.09. The molecule has 3 aromatic carbocycles. The highest BCUT2D eigenvalue weighted by Gasteiger charge is 2.12. The molecule has 3 nitrogen and oxygen atoms in total. The van der Waals surface area contributed by atoms with Gasteiger partial charge in [-0.1, -0.05) is 36.4 Å². The van der Waals surface area contributed by atoms with Crippen LogP contribution in [0.15, 0.2) is 65.6 Å². The Morgan fingerprint density at radius 2 is 1.71 bits per heavy atom. The van der Waals surface area contributed by atoms with E-state index < -0.39 is 0 Å². The summed E-state index contributed by atoms with van der Waals surface area (Å²) >= 11 is 0. The number of rotatable bonds is 0. The van der Waals surface area contributed by atoms with Crippen molar-refractivity contribution < 1.29 is 0 Å². The normalized spacial score (nSPS) is 12.0. The Morgan fingerprint density at radius 1 is 0.857 bits per heavy atom. The minimum atomic E-state index is 0.0472. The molecule has 0 aliphatic rings. The lowest BCUT2D eigenvalue weighted by atomic mass is 10.1. The van der Waals surface area contributed by atoms with Crippen molar-refractivity contribution in [2.75, 3.05) is 0 Å². The zero-order valence-electron chi connectivity index (χ0n) is 11.1. The number of hydrogen-bond donors (Lipinski definition) is 0. The molecule has 2 aromatic heterocycles. The molecule has 0 aliphatic heterocycles. The van der Waals surface area contributed by atoms with Gasteiger partial charge in [0.1, 0.15) is 5.65 Å². The summed E-state index contributed by atoms with van der Waals surface area (Å²) in [6, 6.07) is 17.5. The second kappa shape index (κ2) is 3.58. The van der Waals surface area contributed by atoms with Crippen LogP contribution in [0.2, 0.25) is 0 Å². The lowest BCUT2D eigenvalue weighted by Crippen LogP contribution is -2.02. The predicted molar refractivity (Wildman–Crippen MR) is 85.2 cm³/mol. The smallest absolute Gasteiger partial charge is 0.186 e. The third kappa shape index (κ3) is 1.28. The number of nitrogens with zero attached hydrogens (tertiary/aromatic N) is 2. The van der Waals surface area contributed by atoms with Crippen LogP contribution in [0.1, 0.15) is 0 Å². The van der Waals surface area contributed by atoms with Crippen LogP contribution in [0, 0.1) is 0 Å². The van der Waals surface area contributed by atoms with E-state index in [1.807, 2.05) is 36.4 Å². The van der Waals surface area contributed by atoms with E-state index in [4.69, 9.17) is 4.98 Å². The molecule has 0 aliphatic carbocycles. The molecular formula is C18H10N2O. The van der Waals surface area contributed by atoms with Crippen LogP contribution in [0.3, 0.4) is 0 Å². The molecule has 0 saturated heterocycles. The van der Waals surface area contributed by atoms with Crippen LogP contribution < -0.4 is 5.43 Å². The maximum absolute atomic E-state index is 12.1. The first-order chi connectivity index (χ1) is 10.3. The van der Waals surface area contributed by atoms with Crippen LogP contribution in [-0.2, 0) is 0 Å². The van der Waals surface area contributed by atoms with Crippen molar-refractivity contribution in [3.8, 4) is 0 Å². The molecule has 3 heteroatoms. The summed E-state index contributed by atoms with van der Waals surface area (Å²) in [7, 11) is 0. The van der Waals surface area contributed by atoms with Crippen LogP contribution in [0.5, 0.6) is 0 Å². The minimum absolute atomic E-state index is 0.0472. The van der Waals surface area contributed by atoms with Gasteiger partial charge < -0.3 is 0 Å². The molecule has 5 aromatic rings. The molecule has 0 radical (unpaired) electrons. The molecule has 0 bridgehead atoms. The summed E-state index contributed by atoms with van der Waals surface area (Å²) in [4.78, 5) is 16.8. The molecule has 0 saturated carbocycles. The van der Waals surface area contributed by atoms with Crippen LogP contribution in [0.25, 0.3) is 38.2 Å². The average Bonchev–Trinajstić information content (AvgIpc) is 2.89. The van der Waals surface area contributed by atoms with Crippen LogP contribution >= 0.6 is 0 Å². The fourth-order valence-electron chi connectivity index (χ4n) is 3.19. The van der Waals surface area contributed by atoms with Gasteiger partial charge in [0.2, 0.25) is 0 Å². The molecule has 0 unspecified atom stereocenters. The molecule has 0 spiro atoms. The topological polar surface area (TPSA) is 34.4 Å².